The number of aromatic nitrogens is 2. The number of hydrogen-bond acceptors (Lipinski definition) is 2. The lowest BCUT2D eigenvalue weighted by molar-refractivity contribution is 0.386. The van der Waals surface area contributed by atoms with Gasteiger partial charge in [0.2, 0.25) is 0 Å². The third kappa shape index (κ3) is 1.95. The Hall–Kier alpha value is -1.36. The number of hydrogen-bond donors (Lipinski definition) is 1. The van der Waals surface area contributed by atoms with Crippen LogP contribution in [-0.4, -0.2) is 17.1 Å². The quantitative estimate of drug-likeness (QED) is 0.919. The highest BCUT2D eigenvalue weighted by molar-refractivity contribution is 9.10. The zero-order valence-corrected chi connectivity index (χ0v) is 10.4. The van der Waals surface area contributed by atoms with E-state index in [-0.39, 0.29) is 5.75 Å². The Morgan fingerprint density at radius 1 is 1.44 bits per heavy atom. The van der Waals surface area contributed by atoms with Crippen LogP contribution in [0.15, 0.2) is 22.8 Å². The summed E-state index contributed by atoms with van der Waals surface area (Å²) in [6, 6.07) is 4.75. The molecule has 0 unspecified atom stereocenters. The molecule has 0 spiro atoms. The molecule has 0 saturated carbocycles. The average Bonchev–Trinajstić information content (AvgIpc) is 2.58. The SMILES string of the molecule is COc1ccc(-c2nc(C)[nH]c2Br)cc1F. The van der Waals surface area contributed by atoms with Crippen molar-refractivity contribution in [2.45, 2.75) is 6.92 Å². The number of benzene rings is 1. The Morgan fingerprint density at radius 3 is 2.69 bits per heavy atom. The van der Waals surface area contributed by atoms with Gasteiger partial charge in [-0.05, 0) is 41.1 Å². The van der Waals surface area contributed by atoms with Crippen molar-refractivity contribution in [2.75, 3.05) is 7.11 Å². The van der Waals surface area contributed by atoms with Gasteiger partial charge in [-0.1, -0.05) is 0 Å². The van der Waals surface area contributed by atoms with Crippen LogP contribution in [-0.2, 0) is 0 Å². The van der Waals surface area contributed by atoms with E-state index in [4.69, 9.17) is 4.74 Å². The van der Waals surface area contributed by atoms with Crippen molar-refractivity contribution in [2.24, 2.45) is 0 Å². The van der Waals surface area contributed by atoms with Gasteiger partial charge in [0.25, 0.3) is 0 Å². The molecular formula is C11H10BrFN2O. The predicted molar refractivity (Wildman–Crippen MR) is 63.0 cm³/mol. The van der Waals surface area contributed by atoms with Gasteiger partial charge < -0.3 is 9.72 Å². The molecule has 1 N–H and O–H groups in total. The van der Waals surface area contributed by atoms with E-state index in [0.29, 0.717) is 11.3 Å². The van der Waals surface area contributed by atoms with Crippen LogP contribution in [0.2, 0.25) is 0 Å². The fourth-order valence-electron chi connectivity index (χ4n) is 1.47. The van der Waals surface area contributed by atoms with Gasteiger partial charge in [-0.15, -0.1) is 0 Å². The first-order valence-corrected chi connectivity index (χ1v) is 5.47. The third-order valence-electron chi connectivity index (χ3n) is 2.20. The topological polar surface area (TPSA) is 37.9 Å². The lowest BCUT2D eigenvalue weighted by Crippen LogP contribution is -1.89. The predicted octanol–water partition coefficient (Wildman–Crippen LogP) is 3.30. The third-order valence-corrected chi connectivity index (χ3v) is 2.78. The van der Waals surface area contributed by atoms with E-state index >= 15 is 0 Å². The standard InChI is InChI=1S/C11H10BrFN2O/c1-6-14-10(11(12)15-6)7-3-4-9(16-2)8(13)5-7/h3-5H,1-2H3,(H,14,15). The van der Waals surface area contributed by atoms with Gasteiger partial charge in [0.05, 0.1) is 7.11 Å². The van der Waals surface area contributed by atoms with Crippen LogP contribution >= 0.6 is 15.9 Å². The summed E-state index contributed by atoms with van der Waals surface area (Å²) >= 11 is 3.34. The molecule has 0 atom stereocenters. The minimum Gasteiger partial charge on any atom is -0.494 e. The van der Waals surface area contributed by atoms with Crippen molar-refractivity contribution < 1.29 is 9.13 Å². The summed E-state index contributed by atoms with van der Waals surface area (Å²) in [4.78, 5) is 7.27. The van der Waals surface area contributed by atoms with Crippen LogP contribution in [0.4, 0.5) is 4.39 Å². The van der Waals surface area contributed by atoms with Gasteiger partial charge in [0.15, 0.2) is 11.6 Å². The molecule has 0 aliphatic rings. The van der Waals surface area contributed by atoms with Crippen molar-refractivity contribution in [1.29, 1.82) is 0 Å². The minimum atomic E-state index is -0.396. The lowest BCUT2D eigenvalue weighted by Gasteiger charge is -2.03. The molecule has 0 saturated heterocycles. The molecule has 5 heteroatoms. The lowest BCUT2D eigenvalue weighted by atomic mass is 10.1. The molecule has 2 rings (SSSR count). The van der Waals surface area contributed by atoms with Crippen molar-refractivity contribution in [3.05, 3.63) is 34.4 Å². The second-order valence-corrected chi connectivity index (χ2v) is 4.13. The molecule has 84 valence electrons. The van der Waals surface area contributed by atoms with Crippen LogP contribution in [0, 0.1) is 12.7 Å². The molecule has 0 aliphatic heterocycles. The number of nitrogens with one attached hydrogen (secondary N) is 1. The van der Waals surface area contributed by atoms with E-state index in [0.717, 1.165) is 10.4 Å². The Bertz CT molecular complexity index is 525. The van der Waals surface area contributed by atoms with Gasteiger partial charge in [-0.25, -0.2) is 9.37 Å². The van der Waals surface area contributed by atoms with Crippen LogP contribution in [0.3, 0.4) is 0 Å². The normalized spacial score (nSPS) is 10.5. The number of imidazole rings is 1. The number of halogens is 2. The molecule has 2 aromatic rings. The van der Waals surface area contributed by atoms with Crippen molar-refractivity contribution in [1.82, 2.24) is 9.97 Å². The molecule has 16 heavy (non-hydrogen) atoms. The van der Waals surface area contributed by atoms with Gasteiger partial charge in [-0.2, -0.15) is 0 Å². The summed E-state index contributed by atoms with van der Waals surface area (Å²) in [6.07, 6.45) is 0. The van der Waals surface area contributed by atoms with Gasteiger partial charge in [-0.3, -0.25) is 0 Å². The number of aromatic amines is 1. The molecule has 0 fully saturated rings. The van der Waals surface area contributed by atoms with Crippen molar-refractivity contribution >= 4 is 15.9 Å². The molecule has 3 nitrogen and oxygen atoms in total. The summed E-state index contributed by atoms with van der Waals surface area (Å²) in [5.74, 6) is 0.609. The van der Waals surface area contributed by atoms with E-state index < -0.39 is 5.82 Å². The van der Waals surface area contributed by atoms with Crippen molar-refractivity contribution in [3.8, 4) is 17.0 Å². The van der Waals surface area contributed by atoms with E-state index in [1.165, 1.54) is 13.2 Å². The molecule has 0 bridgehead atoms. The highest BCUT2D eigenvalue weighted by Gasteiger charge is 2.11. The summed E-state index contributed by atoms with van der Waals surface area (Å²) in [6.45, 7) is 1.84. The average molecular weight is 285 g/mol. The first-order valence-electron chi connectivity index (χ1n) is 4.68. The second-order valence-electron chi connectivity index (χ2n) is 3.33. The highest BCUT2D eigenvalue weighted by atomic mass is 79.9. The van der Waals surface area contributed by atoms with Gasteiger partial charge in [0.1, 0.15) is 16.1 Å². The fourth-order valence-corrected chi connectivity index (χ4v) is 2.07. The molecule has 0 amide bonds. The van der Waals surface area contributed by atoms with E-state index in [1.807, 2.05) is 6.92 Å². The zero-order valence-electron chi connectivity index (χ0n) is 8.84. The van der Waals surface area contributed by atoms with Crippen LogP contribution in [0.5, 0.6) is 5.75 Å². The van der Waals surface area contributed by atoms with Gasteiger partial charge in [0, 0.05) is 5.56 Å². The molecular weight excluding hydrogens is 275 g/mol. The largest absolute Gasteiger partial charge is 0.494 e. The number of nitrogens with zero attached hydrogens (tertiary/aromatic N) is 1. The first kappa shape index (κ1) is 11.1. The van der Waals surface area contributed by atoms with E-state index in [2.05, 4.69) is 25.9 Å². The first-order chi connectivity index (χ1) is 7.61. The zero-order chi connectivity index (χ0) is 11.7. The Labute approximate surface area is 101 Å². The molecule has 0 aliphatic carbocycles. The molecule has 0 radical (unpaired) electrons. The number of rotatable bonds is 2. The Balaban J connectivity index is 2.49. The smallest absolute Gasteiger partial charge is 0.165 e. The number of methoxy groups -OCH3 is 1. The van der Waals surface area contributed by atoms with Gasteiger partial charge >= 0.3 is 0 Å². The maximum atomic E-state index is 13.5. The Morgan fingerprint density at radius 2 is 2.19 bits per heavy atom. The summed E-state index contributed by atoms with van der Waals surface area (Å²) in [5, 5.41) is 0. The maximum absolute atomic E-state index is 13.5. The summed E-state index contributed by atoms with van der Waals surface area (Å²) < 4.78 is 19.1. The van der Waals surface area contributed by atoms with Crippen LogP contribution in [0.25, 0.3) is 11.3 Å². The molecule has 1 aromatic heterocycles. The monoisotopic (exact) mass is 284 g/mol. The maximum Gasteiger partial charge on any atom is 0.165 e. The Kier molecular flexibility index (Phi) is 2.96. The summed E-state index contributed by atoms with van der Waals surface area (Å²) in [5.41, 5.74) is 1.40. The van der Waals surface area contributed by atoms with E-state index in [9.17, 15) is 4.39 Å². The number of H-pyrrole nitrogens is 1. The second kappa shape index (κ2) is 4.25. The van der Waals surface area contributed by atoms with Crippen LogP contribution < -0.4 is 4.74 Å². The summed E-state index contributed by atoms with van der Waals surface area (Å²) in [7, 11) is 1.44. The van der Waals surface area contributed by atoms with Crippen LogP contribution in [0.1, 0.15) is 5.82 Å². The minimum absolute atomic E-state index is 0.229. The number of aryl methyl sites for hydroxylation is 1. The fraction of sp³-hybridized carbons (Fsp3) is 0.182. The highest BCUT2D eigenvalue weighted by Crippen LogP contribution is 2.29. The molecule has 1 aromatic carbocycles. The van der Waals surface area contributed by atoms with E-state index in [1.54, 1.807) is 12.1 Å². The number of ether oxygens (including phenoxy) is 1. The van der Waals surface area contributed by atoms with Crippen molar-refractivity contribution in [3.63, 3.8) is 0 Å². The molecule has 1 heterocycles.